The summed E-state index contributed by atoms with van der Waals surface area (Å²) >= 11 is 0. The summed E-state index contributed by atoms with van der Waals surface area (Å²) in [7, 11) is 0. The van der Waals surface area contributed by atoms with Crippen molar-refractivity contribution in [2.45, 2.75) is 0 Å². The second-order valence-electron chi connectivity index (χ2n) is 14.5. The highest BCUT2D eigenvalue weighted by Crippen LogP contribution is 2.39. The molecule has 268 valence electrons. The number of anilines is 6. The van der Waals surface area contributed by atoms with Crippen LogP contribution in [0.25, 0.3) is 33.4 Å². The van der Waals surface area contributed by atoms with E-state index in [4.69, 9.17) is 0 Å². The van der Waals surface area contributed by atoms with Gasteiger partial charge in [-0.1, -0.05) is 181 Å². The van der Waals surface area contributed by atoms with E-state index in [1.54, 1.807) is 0 Å². The van der Waals surface area contributed by atoms with Crippen LogP contribution < -0.4 is 26.2 Å². The number of hydrogen-bond donors (Lipinski definition) is 0. The molecular formula is C54H39BN2. The fourth-order valence-corrected chi connectivity index (χ4v) is 8.58. The monoisotopic (exact) mass is 726 g/mol. The van der Waals surface area contributed by atoms with Crippen LogP contribution in [-0.4, -0.2) is 6.71 Å². The van der Waals surface area contributed by atoms with Crippen molar-refractivity contribution in [3.8, 4) is 33.4 Å². The van der Waals surface area contributed by atoms with Crippen molar-refractivity contribution in [1.82, 2.24) is 0 Å². The molecule has 0 bridgehead atoms. The number of para-hydroxylation sites is 4. The van der Waals surface area contributed by atoms with Gasteiger partial charge in [0.25, 0.3) is 0 Å². The molecule has 1 aliphatic heterocycles. The zero-order valence-electron chi connectivity index (χ0n) is 31.5. The van der Waals surface area contributed by atoms with Gasteiger partial charge in [0, 0.05) is 34.1 Å². The van der Waals surface area contributed by atoms with Crippen LogP contribution in [0.2, 0.25) is 0 Å². The minimum absolute atomic E-state index is 0.0180. The molecule has 0 aliphatic carbocycles. The lowest BCUT2D eigenvalue weighted by Crippen LogP contribution is -2.58. The van der Waals surface area contributed by atoms with E-state index in [-0.39, 0.29) is 6.71 Å². The predicted molar refractivity (Wildman–Crippen MR) is 243 cm³/mol. The molecule has 1 heterocycles. The minimum atomic E-state index is 0.0180. The minimum Gasteiger partial charge on any atom is -0.312 e. The Hall–Kier alpha value is -7.36. The van der Waals surface area contributed by atoms with Crippen molar-refractivity contribution in [2.24, 2.45) is 0 Å². The Morgan fingerprint density at radius 3 is 1.16 bits per heavy atom. The molecule has 10 rings (SSSR count). The lowest BCUT2D eigenvalue weighted by Gasteiger charge is -2.38. The van der Waals surface area contributed by atoms with Crippen molar-refractivity contribution in [1.29, 1.82) is 0 Å². The SMILES string of the molecule is c1ccc(-c2cccc(-c3ccccc3)c2B2c3ccccc3N(c3ccc(-c4ccc(N(c5ccccc5)c5ccccc5)cc4)cc3)c3ccccc32)cc1. The molecule has 9 aromatic carbocycles. The van der Waals surface area contributed by atoms with Crippen LogP contribution in [0.15, 0.2) is 237 Å². The van der Waals surface area contributed by atoms with Crippen LogP contribution in [0.3, 0.4) is 0 Å². The molecule has 0 amide bonds. The van der Waals surface area contributed by atoms with E-state index < -0.39 is 0 Å². The average molecular weight is 727 g/mol. The summed E-state index contributed by atoms with van der Waals surface area (Å²) in [5, 5.41) is 0. The Balaban J connectivity index is 1.05. The lowest BCUT2D eigenvalue weighted by molar-refractivity contribution is 1.28. The standard InChI is InChI=1S/C54H39BN2/c1-5-18-42(19-6-1)48-26-17-27-49(43-20-7-2-8-21-43)54(48)55-50-28-13-15-30-52(50)57(53-31-16-14-29-51(53)55)47-38-34-41(35-39-47)40-32-36-46(37-33-40)56(44-22-9-3-10-23-44)45-24-11-4-12-25-45/h1-39H. The number of hydrogen-bond acceptors (Lipinski definition) is 2. The first-order valence-electron chi connectivity index (χ1n) is 19.6. The zero-order chi connectivity index (χ0) is 38.0. The van der Waals surface area contributed by atoms with Gasteiger partial charge in [0.2, 0.25) is 6.71 Å². The van der Waals surface area contributed by atoms with Crippen LogP contribution in [0, 0.1) is 0 Å². The summed E-state index contributed by atoms with van der Waals surface area (Å²) in [5.74, 6) is 0. The molecule has 1 aliphatic rings. The van der Waals surface area contributed by atoms with E-state index in [0.29, 0.717) is 0 Å². The molecule has 0 saturated heterocycles. The molecule has 0 radical (unpaired) electrons. The van der Waals surface area contributed by atoms with E-state index in [1.165, 1.54) is 61.1 Å². The van der Waals surface area contributed by atoms with Crippen molar-refractivity contribution in [3.63, 3.8) is 0 Å². The van der Waals surface area contributed by atoms with Gasteiger partial charge in [-0.3, -0.25) is 0 Å². The van der Waals surface area contributed by atoms with Crippen molar-refractivity contribution in [2.75, 3.05) is 9.80 Å². The van der Waals surface area contributed by atoms with E-state index >= 15 is 0 Å². The maximum atomic E-state index is 2.44. The smallest absolute Gasteiger partial charge is 0.248 e. The normalized spacial score (nSPS) is 11.8. The molecule has 3 heteroatoms. The van der Waals surface area contributed by atoms with Crippen LogP contribution in [0.5, 0.6) is 0 Å². The summed E-state index contributed by atoms with van der Waals surface area (Å²) in [6.45, 7) is 0.0180. The Bertz CT molecular complexity index is 2620. The first-order valence-corrected chi connectivity index (χ1v) is 19.6. The van der Waals surface area contributed by atoms with Gasteiger partial charge in [-0.05, 0) is 105 Å². The molecule has 0 N–H and O–H groups in total. The first kappa shape index (κ1) is 34.2. The van der Waals surface area contributed by atoms with Gasteiger partial charge < -0.3 is 9.80 Å². The predicted octanol–water partition coefficient (Wildman–Crippen LogP) is 12.5. The Labute approximate surface area is 335 Å². The van der Waals surface area contributed by atoms with Crippen molar-refractivity contribution in [3.05, 3.63) is 237 Å². The van der Waals surface area contributed by atoms with E-state index in [9.17, 15) is 0 Å². The third-order valence-electron chi connectivity index (χ3n) is 11.2. The highest BCUT2D eigenvalue weighted by Gasteiger charge is 2.37. The van der Waals surface area contributed by atoms with Crippen LogP contribution in [0.4, 0.5) is 34.1 Å². The van der Waals surface area contributed by atoms with Gasteiger partial charge in [0.1, 0.15) is 0 Å². The van der Waals surface area contributed by atoms with Gasteiger partial charge >= 0.3 is 0 Å². The zero-order valence-corrected chi connectivity index (χ0v) is 31.5. The van der Waals surface area contributed by atoms with Gasteiger partial charge in [-0.2, -0.15) is 0 Å². The van der Waals surface area contributed by atoms with Crippen LogP contribution in [-0.2, 0) is 0 Å². The van der Waals surface area contributed by atoms with Crippen molar-refractivity contribution < 1.29 is 0 Å². The molecule has 9 aromatic rings. The number of fused-ring (bicyclic) bond motifs is 2. The van der Waals surface area contributed by atoms with Gasteiger partial charge in [-0.25, -0.2) is 0 Å². The largest absolute Gasteiger partial charge is 0.312 e. The van der Waals surface area contributed by atoms with Gasteiger partial charge in [-0.15, -0.1) is 0 Å². The van der Waals surface area contributed by atoms with E-state index in [1.807, 2.05) is 0 Å². The third-order valence-corrected chi connectivity index (χ3v) is 11.2. The number of benzene rings is 9. The van der Waals surface area contributed by atoms with E-state index in [0.717, 1.165) is 22.7 Å². The molecule has 57 heavy (non-hydrogen) atoms. The Morgan fingerprint density at radius 1 is 0.298 bits per heavy atom. The summed E-state index contributed by atoms with van der Waals surface area (Å²) in [5.41, 5.74) is 18.1. The van der Waals surface area contributed by atoms with Gasteiger partial charge in [0.15, 0.2) is 0 Å². The summed E-state index contributed by atoms with van der Waals surface area (Å²) in [6.07, 6.45) is 0. The summed E-state index contributed by atoms with van der Waals surface area (Å²) < 4.78 is 0. The first-order chi connectivity index (χ1) is 28.3. The maximum Gasteiger partial charge on any atom is 0.248 e. The Kier molecular flexibility index (Phi) is 9.02. The molecule has 0 aromatic heterocycles. The Morgan fingerprint density at radius 2 is 0.684 bits per heavy atom. The molecule has 0 fully saturated rings. The topological polar surface area (TPSA) is 6.48 Å². The van der Waals surface area contributed by atoms with Crippen molar-refractivity contribution >= 4 is 57.2 Å². The highest BCUT2D eigenvalue weighted by atomic mass is 15.2. The van der Waals surface area contributed by atoms with E-state index in [2.05, 4.69) is 246 Å². The highest BCUT2D eigenvalue weighted by molar-refractivity contribution is 6.99. The molecule has 0 atom stereocenters. The summed E-state index contributed by atoms with van der Waals surface area (Å²) in [4.78, 5) is 4.74. The molecular weight excluding hydrogens is 687 g/mol. The van der Waals surface area contributed by atoms with Crippen LogP contribution in [0.1, 0.15) is 0 Å². The summed E-state index contributed by atoms with van der Waals surface area (Å²) in [6, 6.07) is 85.5. The average Bonchev–Trinajstić information content (AvgIpc) is 3.30. The van der Waals surface area contributed by atoms with Crippen LogP contribution >= 0.6 is 0 Å². The lowest BCUT2D eigenvalue weighted by atomic mass is 9.33. The molecule has 0 spiro atoms. The molecule has 0 saturated carbocycles. The maximum absolute atomic E-state index is 2.44. The second-order valence-corrected chi connectivity index (χ2v) is 14.5. The fourth-order valence-electron chi connectivity index (χ4n) is 8.58. The quantitative estimate of drug-likeness (QED) is 0.144. The van der Waals surface area contributed by atoms with Gasteiger partial charge in [0.05, 0.1) is 0 Å². The molecule has 0 unspecified atom stereocenters. The molecule has 2 nitrogen and oxygen atoms in total. The second kappa shape index (κ2) is 15.1. The number of nitrogens with zero attached hydrogens (tertiary/aromatic N) is 2. The fraction of sp³-hybridized carbons (Fsp3) is 0. The third kappa shape index (κ3) is 6.40. The number of rotatable bonds is 8.